The second-order valence-corrected chi connectivity index (χ2v) is 11.5. The smallest absolute Gasteiger partial charge is 0.0146 e. The Labute approximate surface area is 200 Å². The van der Waals surface area contributed by atoms with Gasteiger partial charge in [-0.2, -0.15) is 0 Å². The van der Waals surface area contributed by atoms with Gasteiger partial charge in [0.15, 0.2) is 0 Å². The molecule has 1 heteroatoms. The quantitative estimate of drug-likeness (QED) is 0.279. The molecule has 2 aromatic carbocycles. The third-order valence-corrected chi connectivity index (χ3v) is 5.80. The zero-order valence-corrected chi connectivity index (χ0v) is 22.5. The molecule has 1 atom stereocenters. The molecule has 2 rings (SSSR count). The molecule has 0 aliphatic rings. The van der Waals surface area contributed by atoms with Gasteiger partial charge in [0, 0.05) is 0 Å². The third-order valence-electron chi connectivity index (χ3n) is 4.58. The van der Waals surface area contributed by atoms with Gasteiger partial charge in [-0.1, -0.05) is 137 Å². The summed E-state index contributed by atoms with van der Waals surface area (Å²) < 4.78 is 0. The average molecular weight is 447 g/mol. The molecule has 0 fully saturated rings. The third kappa shape index (κ3) is 9.97. The summed E-state index contributed by atoms with van der Waals surface area (Å²) in [5.41, 5.74) is 7.07. The Kier molecular flexibility index (Phi) is 11.7. The van der Waals surface area contributed by atoms with E-state index in [9.17, 15) is 0 Å². The summed E-state index contributed by atoms with van der Waals surface area (Å²) in [6.45, 7) is 25.8. The first-order valence-corrected chi connectivity index (χ1v) is 12.6. The zero-order chi connectivity index (χ0) is 24.3. The van der Waals surface area contributed by atoms with Gasteiger partial charge in [0.25, 0.3) is 0 Å². The van der Waals surface area contributed by atoms with Crippen molar-refractivity contribution >= 4 is 13.9 Å². The fourth-order valence-corrected chi connectivity index (χ4v) is 4.16. The Bertz CT molecular complexity index is 943. The van der Waals surface area contributed by atoms with Gasteiger partial charge in [-0.05, 0) is 63.1 Å². The molecule has 0 nitrogen and oxygen atoms in total. The molecule has 0 spiro atoms. The maximum absolute atomic E-state index is 4.38. The van der Waals surface area contributed by atoms with Crippen LogP contribution in [0.15, 0.2) is 85.2 Å². The Morgan fingerprint density at radius 3 is 2.19 bits per heavy atom. The molecule has 0 aromatic heterocycles. The van der Waals surface area contributed by atoms with Gasteiger partial charge in [-0.3, -0.25) is 0 Å². The zero-order valence-electron chi connectivity index (χ0n) is 21.5. The Hall–Kier alpha value is -2.17. The van der Waals surface area contributed by atoms with Gasteiger partial charge in [-0.25, -0.2) is 0 Å². The molecule has 32 heavy (non-hydrogen) atoms. The van der Waals surface area contributed by atoms with E-state index in [2.05, 4.69) is 129 Å². The lowest BCUT2D eigenvalue weighted by molar-refractivity contribution is 0.469. The van der Waals surface area contributed by atoms with E-state index in [0.29, 0.717) is 19.9 Å². The molecular weight excluding hydrogens is 403 g/mol. The fraction of sp³-hybridized carbons (Fsp3) is 0.355. The molecular formula is C31H43P. The van der Waals surface area contributed by atoms with Crippen LogP contribution in [0, 0.1) is 12.3 Å². The molecule has 0 amide bonds. The molecule has 0 heterocycles. The molecule has 2 aromatic rings. The van der Waals surface area contributed by atoms with Gasteiger partial charge < -0.3 is 0 Å². The van der Waals surface area contributed by atoms with E-state index in [1.54, 1.807) is 0 Å². The molecule has 172 valence electrons. The summed E-state index contributed by atoms with van der Waals surface area (Å²) in [4.78, 5) is 0. The number of aryl methyl sites for hydroxylation is 1. The van der Waals surface area contributed by atoms with Crippen LogP contribution >= 0.6 is 8.58 Å². The summed E-state index contributed by atoms with van der Waals surface area (Å²) in [5.74, 6) is 0.457. The highest BCUT2D eigenvalue weighted by Crippen LogP contribution is 2.42. The second-order valence-electron chi connectivity index (χ2n) is 10.0. The number of allylic oxidation sites excluding steroid dienone is 5. The van der Waals surface area contributed by atoms with E-state index in [-0.39, 0.29) is 0 Å². The lowest BCUT2D eigenvalue weighted by Gasteiger charge is -2.17. The van der Waals surface area contributed by atoms with E-state index in [1.165, 1.54) is 38.4 Å². The van der Waals surface area contributed by atoms with Crippen LogP contribution in [-0.4, -0.2) is 0 Å². The van der Waals surface area contributed by atoms with Crippen LogP contribution in [-0.2, 0) is 0 Å². The van der Waals surface area contributed by atoms with Gasteiger partial charge in [-0.15, -0.1) is 0 Å². The molecule has 0 saturated heterocycles. The summed E-state index contributed by atoms with van der Waals surface area (Å²) in [5, 5.41) is 2.44. The predicted octanol–water partition coefficient (Wildman–Crippen LogP) is 10.5. The van der Waals surface area contributed by atoms with Crippen molar-refractivity contribution < 1.29 is 0 Å². The van der Waals surface area contributed by atoms with Crippen molar-refractivity contribution in [3.63, 3.8) is 0 Å². The van der Waals surface area contributed by atoms with Crippen molar-refractivity contribution in [1.29, 1.82) is 0 Å². The van der Waals surface area contributed by atoms with Crippen molar-refractivity contribution in [2.24, 2.45) is 5.41 Å². The van der Waals surface area contributed by atoms with E-state index >= 15 is 0 Å². The topological polar surface area (TPSA) is 0 Å². The minimum absolute atomic E-state index is 0.457. The lowest BCUT2D eigenvalue weighted by Crippen LogP contribution is -1.95. The molecule has 0 aliphatic heterocycles. The first-order chi connectivity index (χ1) is 15.0. The van der Waals surface area contributed by atoms with Crippen molar-refractivity contribution in [3.8, 4) is 11.1 Å². The van der Waals surface area contributed by atoms with Crippen molar-refractivity contribution in [2.45, 2.75) is 67.7 Å². The highest BCUT2D eigenvalue weighted by Gasteiger charge is 2.13. The van der Waals surface area contributed by atoms with E-state index < -0.39 is 0 Å². The van der Waals surface area contributed by atoms with Crippen molar-refractivity contribution in [3.05, 3.63) is 102 Å². The van der Waals surface area contributed by atoms with Gasteiger partial charge in [0.1, 0.15) is 0 Å². The van der Waals surface area contributed by atoms with Crippen molar-refractivity contribution in [2.75, 3.05) is 0 Å². The minimum Gasteiger partial charge on any atom is -0.0990 e. The van der Waals surface area contributed by atoms with Crippen LogP contribution in [0.25, 0.3) is 16.4 Å². The monoisotopic (exact) mass is 446 g/mol. The molecule has 1 unspecified atom stereocenters. The summed E-state index contributed by atoms with van der Waals surface area (Å²) in [7, 11) is 0.551. The van der Waals surface area contributed by atoms with Gasteiger partial charge in [0.2, 0.25) is 0 Å². The van der Waals surface area contributed by atoms with E-state index in [1.807, 2.05) is 6.08 Å². The Morgan fingerprint density at radius 2 is 1.66 bits per heavy atom. The first-order valence-electron chi connectivity index (χ1n) is 11.6. The SMILES string of the molecule is C=C/C=C(\C=C/CC)PC(=C)c1ccc(-c2ccccc2C)c(C(C)C)c1.CC(C)(C)C. The normalized spacial score (nSPS) is 12.3. The van der Waals surface area contributed by atoms with Crippen LogP contribution < -0.4 is 0 Å². The standard InChI is InChI=1S/C26H31P.C5H12/c1-7-9-14-23(12-8-2)27-21(6)22-16-17-25(26(18-22)19(3)4)24-15-11-10-13-20(24)5;1-5(2,3)4/h8-19,27H,2,6-7H2,1,3-5H3;1-4H3/b14-9-,23-12+;. The predicted molar refractivity (Wildman–Crippen MR) is 151 cm³/mol. The number of benzene rings is 2. The Morgan fingerprint density at radius 1 is 1.03 bits per heavy atom. The largest absolute Gasteiger partial charge is 0.0990 e. The van der Waals surface area contributed by atoms with Crippen LogP contribution in [0.5, 0.6) is 0 Å². The molecule has 0 bridgehead atoms. The molecule has 0 saturated carbocycles. The maximum atomic E-state index is 4.38. The number of hydrogen-bond donors (Lipinski definition) is 0. The van der Waals surface area contributed by atoms with Gasteiger partial charge >= 0.3 is 0 Å². The maximum Gasteiger partial charge on any atom is -0.0146 e. The van der Waals surface area contributed by atoms with Gasteiger partial charge in [0.05, 0.1) is 0 Å². The minimum atomic E-state index is 0.457. The summed E-state index contributed by atoms with van der Waals surface area (Å²) >= 11 is 0. The molecule has 0 N–H and O–H groups in total. The highest BCUT2D eigenvalue weighted by atomic mass is 31.1. The van der Waals surface area contributed by atoms with Crippen molar-refractivity contribution in [1.82, 2.24) is 0 Å². The van der Waals surface area contributed by atoms with Crippen LogP contribution in [0.2, 0.25) is 0 Å². The van der Waals surface area contributed by atoms with Crippen LogP contribution in [0.4, 0.5) is 0 Å². The number of rotatable bonds is 8. The molecule has 0 aliphatic carbocycles. The summed E-state index contributed by atoms with van der Waals surface area (Å²) in [6.07, 6.45) is 9.36. The van der Waals surface area contributed by atoms with E-state index in [0.717, 1.165) is 6.42 Å². The number of hydrogen-bond acceptors (Lipinski definition) is 0. The lowest BCUT2D eigenvalue weighted by atomic mass is 9.89. The fourth-order valence-electron chi connectivity index (χ4n) is 3.11. The van der Waals surface area contributed by atoms with Crippen LogP contribution in [0.1, 0.15) is 77.5 Å². The second kappa shape index (κ2) is 13.4. The van der Waals surface area contributed by atoms with E-state index in [4.69, 9.17) is 0 Å². The first kappa shape index (κ1) is 27.9. The highest BCUT2D eigenvalue weighted by molar-refractivity contribution is 7.55. The molecule has 0 radical (unpaired) electrons. The van der Waals surface area contributed by atoms with Crippen LogP contribution in [0.3, 0.4) is 0 Å². The Balaban J connectivity index is 0.000000920. The summed E-state index contributed by atoms with van der Waals surface area (Å²) in [6, 6.07) is 15.4. The average Bonchev–Trinajstić information content (AvgIpc) is 2.71.